The van der Waals surface area contributed by atoms with Crippen LogP contribution in [-0.2, 0) is 5.88 Å². The van der Waals surface area contributed by atoms with Crippen molar-refractivity contribution in [1.29, 1.82) is 0 Å². The van der Waals surface area contributed by atoms with Gasteiger partial charge in [-0.25, -0.2) is 4.98 Å². The van der Waals surface area contributed by atoms with Gasteiger partial charge in [-0.2, -0.15) is 0 Å². The fraction of sp³-hybridized carbons (Fsp3) is 0.182. The van der Waals surface area contributed by atoms with Crippen molar-refractivity contribution in [2.24, 2.45) is 0 Å². The fourth-order valence-electron chi connectivity index (χ4n) is 1.38. The molecular formula is C11H9BrClNO. The van der Waals surface area contributed by atoms with Crippen LogP contribution < -0.4 is 0 Å². The average molecular weight is 287 g/mol. The Hall–Kier alpha value is -0.800. The summed E-state index contributed by atoms with van der Waals surface area (Å²) in [6, 6.07) is 6.08. The van der Waals surface area contributed by atoms with Crippen LogP contribution in [0.2, 0.25) is 0 Å². The van der Waals surface area contributed by atoms with Crippen LogP contribution >= 0.6 is 27.5 Å². The zero-order valence-electron chi connectivity index (χ0n) is 8.13. The van der Waals surface area contributed by atoms with E-state index >= 15 is 0 Å². The van der Waals surface area contributed by atoms with Gasteiger partial charge in [0.05, 0.1) is 12.1 Å². The van der Waals surface area contributed by atoms with Crippen molar-refractivity contribution < 1.29 is 4.42 Å². The first-order chi connectivity index (χ1) is 7.19. The second-order valence-electron chi connectivity index (χ2n) is 3.27. The summed E-state index contributed by atoms with van der Waals surface area (Å²) in [6.07, 6.45) is 1.69. The Balaban J connectivity index is 2.44. The maximum absolute atomic E-state index is 5.62. The molecule has 0 aliphatic carbocycles. The lowest BCUT2D eigenvalue weighted by atomic mass is 10.1. The Morgan fingerprint density at radius 1 is 1.40 bits per heavy atom. The number of benzene rings is 1. The monoisotopic (exact) mass is 285 g/mol. The second kappa shape index (κ2) is 4.37. The van der Waals surface area contributed by atoms with E-state index in [2.05, 4.69) is 20.9 Å². The van der Waals surface area contributed by atoms with Gasteiger partial charge in [-0.3, -0.25) is 0 Å². The van der Waals surface area contributed by atoms with Gasteiger partial charge in [-0.1, -0.05) is 15.9 Å². The number of halogens is 2. The normalized spacial score (nSPS) is 10.6. The predicted molar refractivity (Wildman–Crippen MR) is 63.9 cm³/mol. The van der Waals surface area contributed by atoms with Gasteiger partial charge in [0.15, 0.2) is 5.76 Å². The summed E-state index contributed by atoms with van der Waals surface area (Å²) in [5, 5.41) is 0. The molecule has 0 atom stereocenters. The highest BCUT2D eigenvalue weighted by atomic mass is 79.9. The largest absolute Gasteiger partial charge is 0.439 e. The van der Waals surface area contributed by atoms with Crippen molar-refractivity contribution in [2.75, 3.05) is 0 Å². The van der Waals surface area contributed by atoms with Crippen molar-refractivity contribution in [3.8, 4) is 11.3 Å². The number of rotatable bonds is 2. The van der Waals surface area contributed by atoms with Crippen molar-refractivity contribution in [3.63, 3.8) is 0 Å². The smallest absolute Gasteiger partial charge is 0.209 e. The van der Waals surface area contributed by atoms with E-state index in [1.807, 2.05) is 25.1 Å². The van der Waals surface area contributed by atoms with Crippen molar-refractivity contribution in [3.05, 3.63) is 40.3 Å². The van der Waals surface area contributed by atoms with Crippen LogP contribution in [0.3, 0.4) is 0 Å². The molecule has 15 heavy (non-hydrogen) atoms. The molecule has 0 unspecified atom stereocenters. The molecule has 4 heteroatoms. The van der Waals surface area contributed by atoms with E-state index in [4.69, 9.17) is 16.0 Å². The summed E-state index contributed by atoms with van der Waals surface area (Å²) < 4.78 is 6.49. The summed E-state index contributed by atoms with van der Waals surface area (Å²) >= 11 is 9.07. The van der Waals surface area contributed by atoms with Gasteiger partial charge in [-0.15, -0.1) is 11.6 Å². The summed E-state index contributed by atoms with van der Waals surface area (Å²) in [7, 11) is 0. The first-order valence-corrected chi connectivity index (χ1v) is 5.80. The van der Waals surface area contributed by atoms with E-state index in [0.29, 0.717) is 11.8 Å². The maximum Gasteiger partial charge on any atom is 0.209 e. The lowest BCUT2D eigenvalue weighted by Gasteiger charge is -1.99. The van der Waals surface area contributed by atoms with Gasteiger partial charge in [-0.05, 0) is 30.7 Å². The van der Waals surface area contributed by atoms with Gasteiger partial charge in [0.1, 0.15) is 0 Å². The number of hydrogen-bond donors (Lipinski definition) is 0. The molecule has 0 amide bonds. The van der Waals surface area contributed by atoms with Gasteiger partial charge >= 0.3 is 0 Å². The first-order valence-electron chi connectivity index (χ1n) is 4.47. The summed E-state index contributed by atoms with van der Waals surface area (Å²) in [4.78, 5) is 4.06. The number of aryl methyl sites for hydroxylation is 1. The van der Waals surface area contributed by atoms with Crippen molar-refractivity contribution in [2.45, 2.75) is 12.8 Å². The maximum atomic E-state index is 5.62. The molecule has 0 fully saturated rings. The van der Waals surface area contributed by atoms with Crippen LogP contribution in [0, 0.1) is 6.92 Å². The molecule has 0 N–H and O–H groups in total. The third kappa shape index (κ3) is 2.41. The molecule has 2 nitrogen and oxygen atoms in total. The zero-order valence-corrected chi connectivity index (χ0v) is 10.5. The van der Waals surface area contributed by atoms with E-state index in [0.717, 1.165) is 15.8 Å². The van der Waals surface area contributed by atoms with Gasteiger partial charge in [0.2, 0.25) is 5.89 Å². The Morgan fingerprint density at radius 3 is 2.80 bits per heavy atom. The van der Waals surface area contributed by atoms with Gasteiger partial charge < -0.3 is 4.42 Å². The Kier molecular flexibility index (Phi) is 3.12. The standard InChI is InChI=1S/C11H9BrClNO/c1-7-2-8(4-9(12)3-7)10-6-14-11(5-13)15-10/h2-4,6H,5H2,1H3. The summed E-state index contributed by atoms with van der Waals surface area (Å²) in [6.45, 7) is 2.03. The molecule has 1 aromatic heterocycles. The van der Waals surface area contributed by atoms with E-state index in [-0.39, 0.29) is 0 Å². The van der Waals surface area contributed by atoms with Crippen molar-refractivity contribution in [1.82, 2.24) is 4.98 Å². The number of nitrogens with zero attached hydrogens (tertiary/aromatic N) is 1. The van der Waals surface area contributed by atoms with Crippen LogP contribution in [0.15, 0.2) is 33.3 Å². The Labute approximate surface area is 101 Å². The molecule has 0 spiro atoms. The molecular weight excluding hydrogens is 277 g/mol. The molecule has 0 saturated heterocycles. The van der Waals surface area contributed by atoms with E-state index < -0.39 is 0 Å². The predicted octanol–water partition coefficient (Wildman–Crippen LogP) is 4.15. The lowest BCUT2D eigenvalue weighted by Crippen LogP contribution is -1.78. The van der Waals surface area contributed by atoms with E-state index in [1.165, 1.54) is 5.56 Å². The number of oxazole rings is 1. The Bertz CT molecular complexity index is 461. The minimum Gasteiger partial charge on any atom is -0.439 e. The van der Waals surface area contributed by atoms with E-state index in [1.54, 1.807) is 6.20 Å². The molecule has 0 bridgehead atoms. The minimum absolute atomic E-state index is 0.299. The second-order valence-corrected chi connectivity index (χ2v) is 4.45. The van der Waals surface area contributed by atoms with Gasteiger partial charge in [0.25, 0.3) is 0 Å². The van der Waals surface area contributed by atoms with Crippen molar-refractivity contribution >= 4 is 27.5 Å². The Morgan fingerprint density at radius 2 is 2.20 bits per heavy atom. The highest BCUT2D eigenvalue weighted by Gasteiger charge is 2.06. The SMILES string of the molecule is Cc1cc(Br)cc(-c2cnc(CCl)o2)c1. The van der Waals surface area contributed by atoms with E-state index in [9.17, 15) is 0 Å². The molecule has 2 rings (SSSR count). The molecule has 2 aromatic rings. The van der Waals surface area contributed by atoms with Crippen LogP contribution in [0.25, 0.3) is 11.3 Å². The highest BCUT2D eigenvalue weighted by Crippen LogP contribution is 2.25. The van der Waals surface area contributed by atoms with Crippen LogP contribution in [0.1, 0.15) is 11.5 Å². The third-order valence-corrected chi connectivity index (χ3v) is 2.68. The quantitative estimate of drug-likeness (QED) is 0.775. The number of aromatic nitrogens is 1. The molecule has 78 valence electrons. The van der Waals surface area contributed by atoms with Gasteiger partial charge in [0, 0.05) is 10.0 Å². The first kappa shape index (κ1) is 10.7. The highest BCUT2D eigenvalue weighted by molar-refractivity contribution is 9.10. The van der Waals surface area contributed by atoms with Crippen LogP contribution in [0.5, 0.6) is 0 Å². The molecule has 1 heterocycles. The molecule has 0 aliphatic heterocycles. The van der Waals surface area contributed by atoms with Crippen LogP contribution in [-0.4, -0.2) is 4.98 Å². The molecule has 0 saturated carbocycles. The number of alkyl halides is 1. The van der Waals surface area contributed by atoms with Crippen LogP contribution in [0.4, 0.5) is 0 Å². The molecule has 0 aliphatic rings. The lowest BCUT2D eigenvalue weighted by molar-refractivity contribution is 0.528. The third-order valence-electron chi connectivity index (χ3n) is 1.99. The summed E-state index contributed by atoms with van der Waals surface area (Å²) in [5.74, 6) is 1.59. The number of hydrogen-bond acceptors (Lipinski definition) is 2. The summed E-state index contributed by atoms with van der Waals surface area (Å²) in [5.41, 5.74) is 2.17. The molecule has 0 radical (unpaired) electrons. The average Bonchev–Trinajstić information content (AvgIpc) is 2.64. The molecule has 1 aromatic carbocycles. The minimum atomic E-state index is 0.299. The zero-order chi connectivity index (χ0) is 10.8. The fourth-order valence-corrected chi connectivity index (χ4v) is 2.12. The topological polar surface area (TPSA) is 26.0 Å².